The molecule has 0 spiro atoms. The van der Waals surface area contributed by atoms with E-state index in [4.69, 9.17) is 4.42 Å². The van der Waals surface area contributed by atoms with Crippen LogP contribution in [0.15, 0.2) is 33.9 Å². The van der Waals surface area contributed by atoms with Gasteiger partial charge in [0.15, 0.2) is 0 Å². The van der Waals surface area contributed by atoms with Crippen LogP contribution in [0.1, 0.15) is 6.42 Å². The fourth-order valence-corrected chi connectivity index (χ4v) is 1.96. The average Bonchev–Trinajstić information content (AvgIpc) is 2.88. The van der Waals surface area contributed by atoms with Gasteiger partial charge in [-0.15, -0.1) is 10.2 Å². The SMILES string of the molecule is O=CCCSc1nnc(-c2cccc([N+](=O)[O-])c2)o1. The van der Waals surface area contributed by atoms with Gasteiger partial charge in [0.2, 0.25) is 5.89 Å². The number of benzene rings is 1. The van der Waals surface area contributed by atoms with Crippen molar-refractivity contribution >= 4 is 23.7 Å². The van der Waals surface area contributed by atoms with Crippen LogP contribution in [-0.2, 0) is 4.79 Å². The lowest BCUT2D eigenvalue weighted by Crippen LogP contribution is -1.88. The molecule has 0 atom stereocenters. The molecule has 1 aromatic heterocycles. The first-order chi connectivity index (χ1) is 9.20. The van der Waals surface area contributed by atoms with E-state index in [0.29, 0.717) is 23.0 Å². The summed E-state index contributed by atoms with van der Waals surface area (Å²) in [7, 11) is 0. The molecule has 0 bridgehead atoms. The van der Waals surface area contributed by atoms with Crippen LogP contribution in [0.25, 0.3) is 11.5 Å². The Balaban J connectivity index is 2.15. The molecule has 0 saturated heterocycles. The van der Waals surface area contributed by atoms with Gasteiger partial charge >= 0.3 is 0 Å². The Hall–Kier alpha value is -2.22. The first-order valence-electron chi connectivity index (χ1n) is 5.35. The van der Waals surface area contributed by atoms with Crippen LogP contribution in [0.2, 0.25) is 0 Å². The Morgan fingerprint density at radius 1 is 1.42 bits per heavy atom. The third kappa shape index (κ3) is 3.38. The molecule has 0 aliphatic carbocycles. The Labute approximate surface area is 112 Å². The maximum Gasteiger partial charge on any atom is 0.276 e. The molecule has 1 heterocycles. The molecule has 0 aliphatic heterocycles. The molecular weight excluding hydrogens is 270 g/mol. The quantitative estimate of drug-likeness (QED) is 0.263. The van der Waals surface area contributed by atoms with Crippen molar-refractivity contribution in [1.29, 1.82) is 0 Å². The van der Waals surface area contributed by atoms with E-state index in [2.05, 4.69) is 10.2 Å². The van der Waals surface area contributed by atoms with Crippen molar-refractivity contribution in [3.8, 4) is 11.5 Å². The number of nitro groups is 1. The van der Waals surface area contributed by atoms with Crippen molar-refractivity contribution < 1.29 is 14.1 Å². The van der Waals surface area contributed by atoms with E-state index in [1.54, 1.807) is 12.1 Å². The van der Waals surface area contributed by atoms with Crippen LogP contribution in [-0.4, -0.2) is 27.2 Å². The Kier molecular flexibility index (Phi) is 4.24. The van der Waals surface area contributed by atoms with Crippen molar-refractivity contribution in [3.63, 3.8) is 0 Å². The molecule has 0 radical (unpaired) electrons. The van der Waals surface area contributed by atoms with Gasteiger partial charge in [0, 0.05) is 29.9 Å². The zero-order chi connectivity index (χ0) is 13.7. The van der Waals surface area contributed by atoms with Gasteiger partial charge < -0.3 is 9.21 Å². The minimum atomic E-state index is -0.486. The summed E-state index contributed by atoms with van der Waals surface area (Å²) >= 11 is 1.27. The summed E-state index contributed by atoms with van der Waals surface area (Å²) in [4.78, 5) is 20.4. The number of nitrogens with zero attached hydrogens (tertiary/aromatic N) is 3. The van der Waals surface area contributed by atoms with Crippen LogP contribution in [0.4, 0.5) is 5.69 Å². The molecule has 0 aliphatic rings. The largest absolute Gasteiger partial charge is 0.411 e. The number of hydrogen-bond donors (Lipinski definition) is 0. The molecule has 2 aromatic rings. The van der Waals surface area contributed by atoms with Gasteiger partial charge in [0.25, 0.3) is 10.9 Å². The van der Waals surface area contributed by atoms with E-state index in [1.807, 2.05) is 0 Å². The molecule has 19 heavy (non-hydrogen) atoms. The highest BCUT2D eigenvalue weighted by Crippen LogP contribution is 2.25. The van der Waals surface area contributed by atoms with Crippen LogP contribution in [0.3, 0.4) is 0 Å². The average molecular weight is 279 g/mol. The second-order valence-corrected chi connectivity index (χ2v) is 4.53. The molecule has 0 unspecified atom stereocenters. The first kappa shape index (κ1) is 13.2. The number of nitro benzene ring substituents is 1. The summed E-state index contributed by atoms with van der Waals surface area (Å²) in [6.07, 6.45) is 1.21. The van der Waals surface area contributed by atoms with E-state index in [1.165, 1.54) is 23.9 Å². The van der Waals surface area contributed by atoms with Crippen molar-refractivity contribution in [1.82, 2.24) is 10.2 Å². The van der Waals surface area contributed by atoms with Gasteiger partial charge in [-0.3, -0.25) is 10.1 Å². The third-order valence-electron chi connectivity index (χ3n) is 2.17. The number of hydrogen-bond acceptors (Lipinski definition) is 7. The number of carbonyl (C=O) groups excluding carboxylic acids is 1. The number of carbonyl (C=O) groups is 1. The molecule has 98 valence electrons. The Bertz CT molecular complexity index is 599. The van der Waals surface area contributed by atoms with E-state index in [0.717, 1.165) is 6.29 Å². The minimum Gasteiger partial charge on any atom is -0.411 e. The standard InChI is InChI=1S/C11H9N3O4S/c15-5-2-6-19-11-13-12-10(18-11)8-3-1-4-9(7-8)14(16)17/h1,3-5,7H,2,6H2. The summed E-state index contributed by atoms with van der Waals surface area (Å²) in [6, 6.07) is 5.96. The van der Waals surface area contributed by atoms with Crippen LogP contribution >= 0.6 is 11.8 Å². The van der Waals surface area contributed by atoms with Gasteiger partial charge in [-0.2, -0.15) is 0 Å². The highest BCUT2D eigenvalue weighted by molar-refractivity contribution is 7.99. The molecule has 2 rings (SSSR count). The molecule has 1 aromatic carbocycles. The summed E-state index contributed by atoms with van der Waals surface area (Å²) in [5.74, 6) is 0.775. The smallest absolute Gasteiger partial charge is 0.276 e. The lowest BCUT2D eigenvalue weighted by atomic mass is 10.2. The second kappa shape index (κ2) is 6.10. The van der Waals surface area contributed by atoms with E-state index in [9.17, 15) is 14.9 Å². The monoisotopic (exact) mass is 279 g/mol. The van der Waals surface area contributed by atoms with E-state index >= 15 is 0 Å². The molecule has 7 nitrogen and oxygen atoms in total. The van der Waals surface area contributed by atoms with E-state index < -0.39 is 4.92 Å². The number of aromatic nitrogens is 2. The Morgan fingerprint density at radius 3 is 3.00 bits per heavy atom. The van der Waals surface area contributed by atoms with Gasteiger partial charge in [-0.05, 0) is 6.07 Å². The summed E-state index contributed by atoms with van der Waals surface area (Å²) in [5.41, 5.74) is 0.454. The highest BCUT2D eigenvalue weighted by atomic mass is 32.2. The number of non-ortho nitro benzene ring substituents is 1. The van der Waals surface area contributed by atoms with Crippen molar-refractivity contribution in [2.24, 2.45) is 0 Å². The lowest BCUT2D eigenvalue weighted by molar-refractivity contribution is -0.384. The summed E-state index contributed by atoms with van der Waals surface area (Å²) in [5, 5.41) is 18.6. The van der Waals surface area contributed by atoms with Gasteiger partial charge in [0.1, 0.15) is 6.29 Å². The number of aldehydes is 1. The molecule has 0 fully saturated rings. The van der Waals surface area contributed by atoms with Crippen molar-refractivity contribution in [2.75, 3.05) is 5.75 Å². The topological polar surface area (TPSA) is 99.1 Å². The fraction of sp³-hybridized carbons (Fsp3) is 0.182. The van der Waals surface area contributed by atoms with Gasteiger partial charge in [-0.1, -0.05) is 17.8 Å². The molecule has 0 N–H and O–H groups in total. The lowest BCUT2D eigenvalue weighted by Gasteiger charge is -1.94. The first-order valence-corrected chi connectivity index (χ1v) is 6.34. The summed E-state index contributed by atoms with van der Waals surface area (Å²) in [6.45, 7) is 0. The van der Waals surface area contributed by atoms with Crippen molar-refractivity contribution in [2.45, 2.75) is 11.6 Å². The number of thioether (sulfide) groups is 1. The minimum absolute atomic E-state index is 0.0362. The Morgan fingerprint density at radius 2 is 2.26 bits per heavy atom. The molecule has 0 amide bonds. The van der Waals surface area contributed by atoms with Gasteiger partial charge in [-0.25, -0.2) is 0 Å². The maximum absolute atomic E-state index is 10.7. The zero-order valence-electron chi connectivity index (χ0n) is 9.68. The fourth-order valence-electron chi connectivity index (χ4n) is 1.33. The molecular formula is C11H9N3O4S. The van der Waals surface area contributed by atoms with Crippen LogP contribution in [0, 0.1) is 10.1 Å². The maximum atomic E-state index is 10.7. The summed E-state index contributed by atoms with van der Waals surface area (Å²) < 4.78 is 5.35. The predicted octanol–water partition coefficient (Wildman–Crippen LogP) is 2.33. The third-order valence-corrected chi connectivity index (χ3v) is 3.02. The predicted molar refractivity (Wildman–Crippen MR) is 67.8 cm³/mol. The van der Waals surface area contributed by atoms with Crippen LogP contribution in [0.5, 0.6) is 0 Å². The zero-order valence-corrected chi connectivity index (χ0v) is 10.5. The van der Waals surface area contributed by atoms with Crippen molar-refractivity contribution in [3.05, 3.63) is 34.4 Å². The van der Waals surface area contributed by atoms with E-state index in [-0.39, 0.29) is 11.6 Å². The molecule has 8 heteroatoms. The normalized spacial score (nSPS) is 10.3. The van der Waals surface area contributed by atoms with Gasteiger partial charge in [0.05, 0.1) is 4.92 Å². The van der Waals surface area contributed by atoms with Crippen LogP contribution < -0.4 is 0 Å². The second-order valence-electron chi connectivity index (χ2n) is 3.48. The highest BCUT2D eigenvalue weighted by Gasteiger charge is 2.12. The number of rotatable bonds is 6. The molecule has 0 saturated carbocycles.